The first-order chi connectivity index (χ1) is 16.9. The van der Waals surface area contributed by atoms with Crippen molar-refractivity contribution in [2.45, 2.75) is 11.6 Å². The van der Waals surface area contributed by atoms with Crippen molar-refractivity contribution in [2.75, 3.05) is 32.0 Å². The van der Waals surface area contributed by atoms with E-state index in [4.69, 9.17) is 9.47 Å². The molecule has 0 unspecified atom stereocenters. The van der Waals surface area contributed by atoms with Gasteiger partial charge in [-0.15, -0.1) is 0 Å². The highest BCUT2D eigenvalue weighted by molar-refractivity contribution is 8.00. The van der Waals surface area contributed by atoms with Gasteiger partial charge >= 0.3 is 0 Å². The van der Waals surface area contributed by atoms with E-state index in [0.29, 0.717) is 39.9 Å². The van der Waals surface area contributed by atoms with Crippen LogP contribution in [0.25, 0.3) is 0 Å². The Balaban J connectivity index is 1.36. The van der Waals surface area contributed by atoms with Gasteiger partial charge in [-0.05, 0) is 42.0 Å². The van der Waals surface area contributed by atoms with Crippen LogP contribution in [0.3, 0.4) is 0 Å². The highest BCUT2D eigenvalue weighted by Crippen LogP contribution is 2.34. The normalized spacial score (nSPS) is 11.6. The van der Waals surface area contributed by atoms with Gasteiger partial charge in [-0.2, -0.15) is 0 Å². The highest BCUT2D eigenvalue weighted by Gasteiger charge is 2.19. The summed E-state index contributed by atoms with van der Waals surface area (Å²) in [4.78, 5) is 43.2. The Bertz CT molecular complexity index is 1250. The Labute approximate surface area is 206 Å². The number of anilines is 1. The van der Waals surface area contributed by atoms with Crippen molar-refractivity contribution in [3.05, 3.63) is 77.5 Å². The van der Waals surface area contributed by atoms with Gasteiger partial charge in [-0.3, -0.25) is 14.4 Å². The minimum absolute atomic E-state index is 0.0798. The molecule has 0 fully saturated rings. The van der Waals surface area contributed by atoms with Gasteiger partial charge in [-0.1, -0.05) is 23.9 Å². The number of amides is 3. The molecule has 4 rings (SSSR count). The Morgan fingerprint density at radius 3 is 2.60 bits per heavy atom. The smallest absolute Gasteiger partial charge is 0.256 e. The predicted molar refractivity (Wildman–Crippen MR) is 132 cm³/mol. The van der Waals surface area contributed by atoms with Crippen molar-refractivity contribution < 1.29 is 23.9 Å². The van der Waals surface area contributed by atoms with Crippen LogP contribution in [-0.2, 0) is 11.3 Å². The molecule has 2 N–H and O–H groups in total. The van der Waals surface area contributed by atoms with Crippen LogP contribution < -0.4 is 20.1 Å². The molecule has 2 aromatic carbocycles. The lowest BCUT2D eigenvalue weighted by Gasteiger charge is -2.19. The Kier molecular flexibility index (Phi) is 7.51. The lowest BCUT2D eigenvalue weighted by atomic mass is 10.1. The van der Waals surface area contributed by atoms with E-state index < -0.39 is 0 Å². The number of aromatic nitrogens is 1. The molecule has 0 radical (unpaired) electrons. The predicted octanol–water partition coefficient (Wildman–Crippen LogP) is 3.17. The minimum atomic E-state index is -0.234. The highest BCUT2D eigenvalue weighted by atomic mass is 32.2. The molecule has 0 aliphatic carbocycles. The van der Waals surface area contributed by atoms with Crippen molar-refractivity contribution in [2.24, 2.45) is 0 Å². The lowest BCUT2D eigenvalue weighted by Crippen LogP contribution is -2.27. The number of carbonyl (C=O) groups is 3. The average Bonchev–Trinajstić information content (AvgIpc) is 3.35. The number of thioether (sulfide) groups is 1. The van der Waals surface area contributed by atoms with Crippen LogP contribution in [0.2, 0.25) is 0 Å². The number of hydrogen-bond acceptors (Lipinski definition) is 7. The van der Waals surface area contributed by atoms with Gasteiger partial charge in [0, 0.05) is 44.2 Å². The molecule has 10 heteroatoms. The largest absolute Gasteiger partial charge is 0.454 e. The molecule has 35 heavy (non-hydrogen) atoms. The van der Waals surface area contributed by atoms with Crippen LogP contribution in [0.15, 0.2) is 65.8 Å². The number of fused-ring (bicyclic) bond motifs is 1. The van der Waals surface area contributed by atoms with E-state index in [9.17, 15) is 14.4 Å². The van der Waals surface area contributed by atoms with Crippen molar-refractivity contribution in [3.8, 4) is 11.5 Å². The number of nitrogens with zero attached hydrogens (tertiary/aromatic N) is 2. The molecule has 0 bridgehead atoms. The average molecular weight is 493 g/mol. The maximum absolute atomic E-state index is 13.1. The second kappa shape index (κ2) is 10.9. The fourth-order valence-electron chi connectivity index (χ4n) is 3.43. The van der Waals surface area contributed by atoms with Crippen molar-refractivity contribution in [1.29, 1.82) is 0 Å². The van der Waals surface area contributed by atoms with Gasteiger partial charge < -0.3 is 25.0 Å². The molecule has 1 aliphatic heterocycles. The number of nitrogens with one attached hydrogen (secondary N) is 2. The SMILES string of the molecule is CNC(=O)c1ccc(CN(C)C(=O)c2cccnc2SCC(=O)Nc2ccc3c(c2)OCO3)cc1. The fraction of sp³-hybridized carbons (Fsp3) is 0.200. The summed E-state index contributed by atoms with van der Waals surface area (Å²) < 4.78 is 10.6. The fourth-order valence-corrected chi connectivity index (χ4v) is 4.22. The number of rotatable bonds is 8. The maximum atomic E-state index is 13.1. The molecule has 0 atom stereocenters. The third-order valence-electron chi connectivity index (χ3n) is 5.21. The molecule has 3 aromatic rings. The van der Waals surface area contributed by atoms with Crippen molar-refractivity contribution in [3.63, 3.8) is 0 Å². The summed E-state index contributed by atoms with van der Waals surface area (Å²) in [5, 5.41) is 5.87. The van der Waals surface area contributed by atoms with Crippen LogP contribution in [0, 0.1) is 0 Å². The Morgan fingerprint density at radius 2 is 1.83 bits per heavy atom. The summed E-state index contributed by atoms with van der Waals surface area (Å²) in [6, 6.07) is 15.6. The first-order valence-corrected chi connectivity index (χ1v) is 11.8. The van der Waals surface area contributed by atoms with E-state index in [-0.39, 0.29) is 30.3 Å². The third kappa shape index (κ3) is 5.90. The molecule has 180 valence electrons. The van der Waals surface area contributed by atoms with Gasteiger partial charge in [0.05, 0.1) is 11.3 Å². The summed E-state index contributed by atoms with van der Waals surface area (Å²) in [6.45, 7) is 0.519. The molecule has 2 heterocycles. The molecule has 0 saturated heterocycles. The molecule has 0 spiro atoms. The lowest BCUT2D eigenvalue weighted by molar-refractivity contribution is -0.113. The molecule has 1 aromatic heterocycles. The van der Waals surface area contributed by atoms with Crippen LogP contribution in [0.4, 0.5) is 5.69 Å². The number of hydrogen-bond donors (Lipinski definition) is 2. The van der Waals surface area contributed by atoms with Crippen molar-refractivity contribution >= 4 is 35.2 Å². The van der Waals surface area contributed by atoms with Gasteiger partial charge in [0.15, 0.2) is 11.5 Å². The van der Waals surface area contributed by atoms with Gasteiger partial charge in [0.25, 0.3) is 11.8 Å². The summed E-state index contributed by atoms with van der Waals surface area (Å²) in [5.74, 6) is 0.686. The summed E-state index contributed by atoms with van der Waals surface area (Å²) in [5.41, 5.74) is 2.45. The third-order valence-corrected chi connectivity index (χ3v) is 6.21. The Morgan fingerprint density at radius 1 is 1.06 bits per heavy atom. The van der Waals surface area contributed by atoms with Crippen molar-refractivity contribution in [1.82, 2.24) is 15.2 Å². The van der Waals surface area contributed by atoms with Crippen LogP contribution >= 0.6 is 11.8 Å². The second-order valence-corrected chi connectivity index (χ2v) is 8.66. The zero-order valence-electron chi connectivity index (χ0n) is 19.2. The molecular weight excluding hydrogens is 468 g/mol. The van der Waals surface area contributed by atoms with Gasteiger partial charge in [0.2, 0.25) is 12.7 Å². The van der Waals surface area contributed by atoms with E-state index >= 15 is 0 Å². The van der Waals surface area contributed by atoms with Crippen LogP contribution in [-0.4, -0.2) is 54.2 Å². The van der Waals surface area contributed by atoms with E-state index in [1.54, 1.807) is 67.7 Å². The summed E-state index contributed by atoms with van der Waals surface area (Å²) in [7, 11) is 3.27. The monoisotopic (exact) mass is 492 g/mol. The van der Waals surface area contributed by atoms with E-state index in [0.717, 1.165) is 5.56 Å². The van der Waals surface area contributed by atoms with Gasteiger partial charge in [0.1, 0.15) is 5.03 Å². The van der Waals surface area contributed by atoms with Gasteiger partial charge in [-0.25, -0.2) is 4.98 Å². The van der Waals surface area contributed by atoms with E-state index in [1.165, 1.54) is 11.8 Å². The molecule has 3 amide bonds. The summed E-state index contributed by atoms with van der Waals surface area (Å²) in [6.07, 6.45) is 1.59. The standard InChI is InChI=1S/C25H24N4O5S/c1-26-23(31)17-7-5-16(6-8-17)13-29(2)25(32)19-4-3-11-27-24(19)35-14-22(30)28-18-9-10-20-21(12-18)34-15-33-20/h3-12H,13-15H2,1-2H3,(H,26,31)(H,28,30). The first-order valence-electron chi connectivity index (χ1n) is 10.8. The maximum Gasteiger partial charge on any atom is 0.256 e. The number of ether oxygens (including phenoxy) is 2. The molecule has 1 aliphatic rings. The quantitative estimate of drug-likeness (QED) is 0.465. The Hall–Kier alpha value is -4.05. The van der Waals surface area contributed by atoms with Crippen LogP contribution in [0.1, 0.15) is 26.3 Å². The van der Waals surface area contributed by atoms with Crippen LogP contribution in [0.5, 0.6) is 11.5 Å². The second-order valence-electron chi connectivity index (χ2n) is 7.70. The zero-order chi connectivity index (χ0) is 24.8. The number of pyridine rings is 1. The zero-order valence-corrected chi connectivity index (χ0v) is 20.1. The summed E-state index contributed by atoms with van der Waals surface area (Å²) >= 11 is 1.19. The molecule has 0 saturated carbocycles. The number of benzene rings is 2. The first kappa shape index (κ1) is 24.1. The molecule has 9 nitrogen and oxygen atoms in total. The topological polar surface area (TPSA) is 110 Å². The van der Waals surface area contributed by atoms with E-state index in [1.807, 2.05) is 12.1 Å². The number of carbonyl (C=O) groups excluding carboxylic acids is 3. The minimum Gasteiger partial charge on any atom is -0.454 e. The molecular formula is C25H24N4O5S. The van der Waals surface area contributed by atoms with E-state index in [2.05, 4.69) is 15.6 Å².